The van der Waals surface area contributed by atoms with E-state index in [1.54, 1.807) is 0 Å². The zero-order valence-electron chi connectivity index (χ0n) is 26.0. The predicted molar refractivity (Wildman–Crippen MR) is 193 cm³/mol. The van der Waals surface area contributed by atoms with Crippen molar-refractivity contribution in [1.82, 2.24) is 4.57 Å². The van der Waals surface area contributed by atoms with Crippen LogP contribution in [0.2, 0.25) is 0 Å². The summed E-state index contributed by atoms with van der Waals surface area (Å²) in [5, 5.41) is 2.59. The molecular weight excluding hydrogens is 542 g/mol. The number of aromatic nitrogens is 1. The minimum atomic E-state index is -0.109. The normalized spacial score (nSPS) is 13.6. The predicted octanol–water partition coefficient (Wildman–Crippen LogP) is 12.0. The summed E-state index contributed by atoms with van der Waals surface area (Å²) in [6, 6.07) is 49.1. The highest BCUT2D eigenvalue weighted by molar-refractivity contribution is 6.13. The molecule has 1 aliphatic carbocycles. The van der Waals surface area contributed by atoms with E-state index in [0.717, 1.165) is 0 Å². The summed E-state index contributed by atoms with van der Waals surface area (Å²) < 4.78 is 2.49. The Morgan fingerprint density at radius 2 is 1.29 bits per heavy atom. The standard InChI is InChI=1S/C44H35N/c1-5-13-29(2)32-26-33(30-14-7-6-8-15-30)28-34(27-32)31-20-22-35(23-21-31)45-41-19-12-10-17-37(41)39-25-24-38-36-16-9-11-18-40(36)44(3,4)42(38)43(39)45/h5-28H,1H2,2-4H3/b29-13+. The van der Waals surface area contributed by atoms with Crippen molar-refractivity contribution in [3.05, 3.63) is 169 Å². The molecule has 7 aromatic rings. The molecule has 216 valence electrons. The fraction of sp³-hybridized carbons (Fsp3) is 0.0909. The van der Waals surface area contributed by atoms with Crippen LogP contribution in [0.25, 0.3) is 66.4 Å². The third-order valence-corrected chi connectivity index (χ3v) is 9.67. The molecule has 1 aromatic heterocycles. The second-order valence-electron chi connectivity index (χ2n) is 12.7. The van der Waals surface area contributed by atoms with Crippen molar-refractivity contribution in [2.75, 3.05) is 0 Å². The zero-order chi connectivity index (χ0) is 30.7. The summed E-state index contributed by atoms with van der Waals surface area (Å²) in [4.78, 5) is 0. The Balaban J connectivity index is 1.32. The van der Waals surface area contributed by atoms with E-state index in [4.69, 9.17) is 0 Å². The van der Waals surface area contributed by atoms with Gasteiger partial charge in [0.15, 0.2) is 0 Å². The maximum Gasteiger partial charge on any atom is 0.0588 e. The Labute approximate surface area is 265 Å². The highest BCUT2D eigenvalue weighted by Gasteiger charge is 2.38. The Morgan fingerprint density at radius 1 is 0.622 bits per heavy atom. The van der Waals surface area contributed by atoms with Crippen molar-refractivity contribution in [3.8, 4) is 39.1 Å². The molecule has 1 aliphatic rings. The van der Waals surface area contributed by atoms with E-state index >= 15 is 0 Å². The molecule has 1 heteroatoms. The minimum absolute atomic E-state index is 0.109. The van der Waals surface area contributed by atoms with Gasteiger partial charge < -0.3 is 4.57 Å². The smallest absolute Gasteiger partial charge is 0.0588 e. The Hall–Kier alpha value is -5.40. The molecule has 1 heterocycles. The van der Waals surface area contributed by atoms with Gasteiger partial charge in [-0.3, -0.25) is 0 Å². The van der Waals surface area contributed by atoms with Crippen molar-refractivity contribution >= 4 is 27.4 Å². The van der Waals surface area contributed by atoms with Crippen molar-refractivity contribution < 1.29 is 0 Å². The average Bonchev–Trinajstić information content (AvgIpc) is 3.54. The molecule has 8 rings (SSSR count). The van der Waals surface area contributed by atoms with E-state index in [0.29, 0.717) is 0 Å². The molecule has 0 N–H and O–H groups in total. The van der Waals surface area contributed by atoms with Gasteiger partial charge in [0.25, 0.3) is 0 Å². The van der Waals surface area contributed by atoms with E-state index in [1.807, 2.05) is 6.08 Å². The SMILES string of the molecule is C=C/C=C(\C)c1cc(-c2ccccc2)cc(-c2ccc(-n3c4ccccc4c4ccc5c(c43)C(C)(C)c3ccccc3-5)cc2)c1. The lowest BCUT2D eigenvalue weighted by molar-refractivity contribution is 0.664. The molecule has 0 radical (unpaired) electrons. The highest BCUT2D eigenvalue weighted by Crippen LogP contribution is 2.52. The molecule has 0 spiro atoms. The molecule has 1 nitrogen and oxygen atoms in total. The molecule has 0 aliphatic heterocycles. The van der Waals surface area contributed by atoms with Crippen LogP contribution in [0.5, 0.6) is 0 Å². The largest absolute Gasteiger partial charge is 0.309 e. The van der Waals surface area contributed by atoms with Crippen molar-refractivity contribution in [3.63, 3.8) is 0 Å². The minimum Gasteiger partial charge on any atom is -0.309 e. The highest BCUT2D eigenvalue weighted by atomic mass is 15.0. The summed E-state index contributed by atoms with van der Waals surface area (Å²) >= 11 is 0. The number of fused-ring (bicyclic) bond motifs is 7. The quantitative estimate of drug-likeness (QED) is 0.179. The van der Waals surface area contributed by atoms with E-state index in [2.05, 4.69) is 171 Å². The lowest BCUT2D eigenvalue weighted by Crippen LogP contribution is -2.16. The van der Waals surface area contributed by atoms with Crippen molar-refractivity contribution in [2.24, 2.45) is 0 Å². The molecule has 45 heavy (non-hydrogen) atoms. The van der Waals surface area contributed by atoms with Crippen LogP contribution in [0.4, 0.5) is 0 Å². The molecule has 0 amide bonds. The number of para-hydroxylation sites is 1. The van der Waals surface area contributed by atoms with Gasteiger partial charge in [0.05, 0.1) is 11.0 Å². The number of hydrogen-bond acceptors (Lipinski definition) is 0. The van der Waals surface area contributed by atoms with Gasteiger partial charge in [0.1, 0.15) is 0 Å². The van der Waals surface area contributed by atoms with Crippen LogP contribution in [-0.2, 0) is 5.41 Å². The first-order chi connectivity index (χ1) is 22.0. The van der Waals surface area contributed by atoms with E-state index in [9.17, 15) is 0 Å². The van der Waals surface area contributed by atoms with Crippen LogP contribution in [0.15, 0.2) is 152 Å². The lowest BCUT2D eigenvalue weighted by atomic mass is 9.81. The molecule has 0 saturated carbocycles. The molecule has 0 fully saturated rings. The molecule has 6 aromatic carbocycles. The lowest BCUT2D eigenvalue weighted by Gasteiger charge is -2.23. The average molecular weight is 578 g/mol. The van der Waals surface area contributed by atoms with Gasteiger partial charge in [0, 0.05) is 21.9 Å². The summed E-state index contributed by atoms with van der Waals surface area (Å²) in [5.41, 5.74) is 16.3. The van der Waals surface area contributed by atoms with Gasteiger partial charge in [-0.05, 0) is 99.0 Å². The van der Waals surface area contributed by atoms with Gasteiger partial charge in [-0.1, -0.05) is 130 Å². The monoisotopic (exact) mass is 577 g/mol. The van der Waals surface area contributed by atoms with Crippen LogP contribution < -0.4 is 0 Å². The van der Waals surface area contributed by atoms with Crippen LogP contribution in [0.3, 0.4) is 0 Å². The topological polar surface area (TPSA) is 4.93 Å². The number of hydrogen-bond donors (Lipinski definition) is 0. The Morgan fingerprint density at radius 3 is 2.04 bits per heavy atom. The third-order valence-electron chi connectivity index (χ3n) is 9.67. The third kappa shape index (κ3) is 4.23. The molecular formula is C44H35N. The first kappa shape index (κ1) is 27.2. The zero-order valence-corrected chi connectivity index (χ0v) is 26.0. The number of benzene rings is 6. The molecule has 0 saturated heterocycles. The first-order valence-corrected chi connectivity index (χ1v) is 15.7. The second kappa shape index (κ2) is 10.4. The van der Waals surface area contributed by atoms with Crippen LogP contribution in [0, 0.1) is 0 Å². The summed E-state index contributed by atoms with van der Waals surface area (Å²) in [7, 11) is 0. The maximum atomic E-state index is 3.93. The van der Waals surface area contributed by atoms with Crippen LogP contribution in [-0.4, -0.2) is 4.57 Å². The molecule has 0 atom stereocenters. The fourth-order valence-corrected chi connectivity index (χ4v) is 7.48. The number of allylic oxidation sites excluding steroid dienone is 3. The molecule has 0 unspecified atom stereocenters. The van der Waals surface area contributed by atoms with Gasteiger partial charge in [-0.25, -0.2) is 0 Å². The van der Waals surface area contributed by atoms with Crippen LogP contribution in [0.1, 0.15) is 37.5 Å². The van der Waals surface area contributed by atoms with Gasteiger partial charge in [0.2, 0.25) is 0 Å². The summed E-state index contributed by atoms with van der Waals surface area (Å²) in [5.74, 6) is 0. The van der Waals surface area contributed by atoms with Crippen molar-refractivity contribution in [1.29, 1.82) is 0 Å². The second-order valence-corrected chi connectivity index (χ2v) is 12.7. The maximum absolute atomic E-state index is 3.93. The Bertz CT molecular complexity index is 2290. The number of rotatable bonds is 5. The van der Waals surface area contributed by atoms with Gasteiger partial charge in [-0.2, -0.15) is 0 Å². The van der Waals surface area contributed by atoms with E-state index < -0.39 is 0 Å². The Kier molecular flexibility index (Phi) is 6.25. The van der Waals surface area contributed by atoms with Gasteiger partial charge in [-0.15, -0.1) is 0 Å². The van der Waals surface area contributed by atoms with E-state index in [-0.39, 0.29) is 5.41 Å². The van der Waals surface area contributed by atoms with Crippen molar-refractivity contribution in [2.45, 2.75) is 26.2 Å². The first-order valence-electron chi connectivity index (χ1n) is 15.7. The number of nitrogens with zero attached hydrogens (tertiary/aromatic N) is 1. The molecule has 0 bridgehead atoms. The summed E-state index contributed by atoms with van der Waals surface area (Å²) in [6.45, 7) is 10.8. The summed E-state index contributed by atoms with van der Waals surface area (Å²) in [6.07, 6.45) is 3.94. The van der Waals surface area contributed by atoms with Crippen LogP contribution >= 0.6 is 0 Å². The van der Waals surface area contributed by atoms with E-state index in [1.165, 1.54) is 83.1 Å². The van der Waals surface area contributed by atoms with Gasteiger partial charge >= 0.3 is 0 Å². The fourth-order valence-electron chi connectivity index (χ4n) is 7.48.